The average molecular weight is 925 g/mol. The van der Waals surface area contributed by atoms with Crippen LogP contribution in [0.4, 0.5) is 0 Å². The number of allylic oxidation sites excluding steroid dienone is 10. The van der Waals surface area contributed by atoms with Gasteiger partial charge in [0, 0.05) is 6.42 Å². The van der Waals surface area contributed by atoms with Gasteiger partial charge >= 0.3 is 5.97 Å². The zero-order valence-corrected chi connectivity index (χ0v) is 43.8. The van der Waals surface area contributed by atoms with Crippen LogP contribution in [0.25, 0.3) is 0 Å². The molecular weight excluding hydrogens is 815 g/mol. The van der Waals surface area contributed by atoms with Gasteiger partial charge in [-0.05, 0) is 77.0 Å². The van der Waals surface area contributed by atoms with Gasteiger partial charge in [0.05, 0.1) is 25.2 Å². The van der Waals surface area contributed by atoms with E-state index in [0.29, 0.717) is 19.3 Å². The van der Waals surface area contributed by atoms with Crippen molar-refractivity contribution in [1.29, 1.82) is 0 Å². The molecule has 0 aliphatic heterocycles. The first-order valence-corrected chi connectivity index (χ1v) is 28.5. The van der Waals surface area contributed by atoms with Crippen molar-refractivity contribution in [2.24, 2.45) is 0 Å². The molecule has 0 bridgehead atoms. The maximum absolute atomic E-state index is 13.2. The van der Waals surface area contributed by atoms with Crippen LogP contribution in [0.15, 0.2) is 60.8 Å². The number of unbranched alkanes of at least 4 members (excludes halogenated alkanes) is 31. The summed E-state index contributed by atoms with van der Waals surface area (Å²) in [7, 11) is 0. The van der Waals surface area contributed by atoms with Crippen LogP contribution in [0.5, 0.6) is 0 Å². The minimum absolute atomic E-state index is 0.0590. The topological polar surface area (TPSA) is 95.9 Å². The van der Waals surface area contributed by atoms with E-state index in [9.17, 15) is 19.8 Å². The van der Waals surface area contributed by atoms with Crippen molar-refractivity contribution >= 4 is 11.9 Å². The summed E-state index contributed by atoms with van der Waals surface area (Å²) in [5.74, 6) is -0.505. The fourth-order valence-electron chi connectivity index (χ4n) is 8.59. The minimum atomic E-state index is -0.797. The molecule has 66 heavy (non-hydrogen) atoms. The maximum Gasteiger partial charge on any atom is 0.306 e. The number of carbonyl (C=O) groups excluding carboxylic acids is 2. The molecule has 0 saturated carbocycles. The summed E-state index contributed by atoms with van der Waals surface area (Å²) in [5.41, 5.74) is 0. The number of hydrogen-bond donors (Lipinski definition) is 3. The molecule has 0 aliphatic rings. The minimum Gasteiger partial charge on any atom is -0.462 e. The van der Waals surface area contributed by atoms with E-state index in [1.807, 2.05) is 0 Å². The Labute approximate surface area is 409 Å². The lowest BCUT2D eigenvalue weighted by atomic mass is 10.0. The number of aliphatic hydroxyl groups is 2. The Bertz CT molecular complexity index is 1170. The molecule has 0 aromatic rings. The van der Waals surface area contributed by atoms with Gasteiger partial charge in [-0.1, -0.05) is 255 Å². The van der Waals surface area contributed by atoms with E-state index in [4.69, 9.17) is 4.74 Å². The molecule has 3 atom stereocenters. The third-order valence-electron chi connectivity index (χ3n) is 12.9. The van der Waals surface area contributed by atoms with Crippen LogP contribution in [0.2, 0.25) is 0 Å². The van der Waals surface area contributed by atoms with Gasteiger partial charge < -0.3 is 20.3 Å². The zero-order valence-electron chi connectivity index (χ0n) is 43.8. The molecule has 0 aromatic carbocycles. The highest BCUT2D eigenvalue weighted by molar-refractivity contribution is 5.77. The molecule has 384 valence electrons. The SMILES string of the molecule is CC/C=C/C/C=C/CCCCCCCC(CC(=O)NC(CO)C(O)CCCCCCCCCCCCCCCCCCC)OC(=O)CCCCCCC/C=C/C=C/C=C/CCCCCCC. The second-order valence-corrected chi connectivity index (χ2v) is 19.4. The standard InChI is InChI=1S/C60H109NO5/c1-4-7-10-13-16-19-22-25-27-29-31-33-35-38-41-44-47-50-53-60(65)66-56(51-48-45-42-39-36-24-21-18-15-12-9-6-3)54-59(64)61-57(55-62)58(63)52-49-46-43-40-37-34-32-30-28-26-23-20-17-14-11-8-5-2/h9,12,18,21-22,25,27,29,31,33,56-58,62-63H,4-8,10-11,13-17,19-20,23-24,26,28,30,32,34-55H2,1-3H3,(H,61,64)/b12-9+,21-18+,25-22+,29-27+,33-31+. The van der Waals surface area contributed by atoms with Crippen LogP contribution < -0.4 is 5.32 Å². The van der Waals surface area contributed by atoms with Crippen LogP contribution in [0, 0.1) is 0 Å². The average Bonchev–Trinajstić information content (AvgIpc) is 3.31. The van der Waals surface area contributed by atoms with Crippen LogP contribution in [0.1, 0.15) is 284 Å². The molecule has 0 radical (unpaired) electrons. The Hall–Kier alpha value is -2.44. The summed E-state index contributed by atoms with van der Waals surface area (Å²) in [6, 6.07) is -0.713. The lowest BCUT2D eigenvalue weighted by molar-refractivity contribution is -0.151. The van der Waals surface area contributed by atoms with E-state index in [0.717, 1.165) is 96.3 Å². The number of esters is 1. The quantitative estimate of drug-likeness (QED) is 0.0244. The molecule has 0 aromatic heterocycles. The Morgan fingerprint density at radius 1 is 0.470 bits per heavy atom. The van der Waals surface area contributed by atoms with Crippen molar-refractivity contribution in [3.05, 3.63) is 60.8 Å². The highest BCUT2D eigenvalue weighted by Gasteiger charge is 2.24. The number of ether oxygens (including phenoxy) is 1. The Balaban J connectivity index is 4.53. The zero-order chi connectivity index (χ0) is 48.1. The monoisotopic (exact) mass is 924 g/mol. The lowest BCUT2D eigenvalue weighted by Gasteiger charge is -2.24. The summed E-state index contributed by atoms with van der Waals surface area (Å²) in [4.78, 5) is 26.2. The van der Waals surface area contributed by atoms with Crippen molar-refractivity contribution in [2.45, 2.75) is 302 Å². The first-order valence-electron chi connectivity index (χ1n) is 28.5. The van der Waals surface area contributed by atoms with Gasteiger partial charge in [-0.25, -0.2) is 0 Å². The molecule has 0 saturated heterocycles. The van der Waals surface area contributed by atoms with Gasteiger partial charge in [-0.2, -0.15) is 0 Å². The van der Waals surface area contributed by atoms with Crippen molar-refractivity contribution in [3.8, 4) is 0 Å². The molecule has 0 aliphatic carbocycles. The summed E-state index contributed by atoms with van der Waals surface area (Å²) < 4.78 is 5.94. The molecule has 0 heterocycles. The smallest absolute Gasteiger partial charge is 0.306 e. The van der Waals surface area contributed by atoms with Crippen LogP contribution in [-0.4, -0.2) is 46.9 Å². The summed E-state index contributed by atoms with van der Waals surface area (Å²) in [6.45, 7) is 6.38. The van der Waals surface area contributed by atoms with Crippen LogP contribution >= 0.6 is 0 Å². The van der Waals surface area contributed by atoms with E-state index in [-0.39, 0.29) is 24.9 Å². The highest BCUT2D eigenvalue weighted by atomic mass is 16.5. The maximum atomic E-state index is 13.2. The molecule has 3 N–H and O–H groups in total. The highest BCUT2D eigenvalue weighted by Crippen LogP contribution is 2.18. The van der Waals surface area contributed by atoms with E-state index < -0.39 is 18.2 Å². The number of aliphatic hydroxyl groups excluding tert-OH is 2. The predicted molar refractivity (Wildman–Crippen MR) is 287 cm³/mol. The van der Waals surface area contributed by atoms with E-state index >= 15 is 0 Å². The van der Waals surface area contributed by atoms with Gasteiger partial charge in [-0.15, -0.1) is 0 Å². The molecule has 6 nitrogen and oxygen atoms in total. The fourth-order valence-corrected chi connectivity index (χ4v) is 8.59. The largest absolute Gasteiger partial charge is 0.462 e. The lowest BCUT2D eigenvalue weighted by Crippen LogP contribution is -2.46. The summed E-state index contributed by atoms with van der Waals surface area (Å²) in [5, 5.41) is 23.9. The van der Waals surface area contributed by atoms with Crippen molar-refractivity contribution in [2.75, 3.05) is 6.61 Å². The molecule has 0 spiro atoms. The molecule has 0 rings (SSSR count). The fraction of sp³-hybridized carbons (Fsp3) is 0.800. The van der Waals surface area contributed by atoms with Crippen molar-refractivity contribution in [1.82, 2.24) is 5.32 Å². The molecule has 6 heteroatoms. The first kappa shape index (κ1) is 63.6. The van der Waals surface area contributed by atoms with Gasteiger partial charge in [0.15, 0.2) is 0 Å². The second-order valence-electron chi connectivity index (χ2n) is 19.4. The Kier molecular flexibility index (Phi) is 51.5. The number of rotatable bonds is 51. The molecule has 3 unspecified atom stereocenters. The number of carbonyl (C=O) groups is 2. The summed E-state index contributed by atoms with van der Waals surface area (Å²) in [6.07, 6.45) is 67.1. The Morgan fingerprint density at radius 2 is 0.879 bits per heavy atom. The molecule has 1 amide bonds. The third kappa shape index (κ3) is 48.0. The summed E-state index contributed by atoms with van der Waals surface area (Å²) >= 11 is 0. The molecule has 0 fully saturated rings. The predicted octanol–water partition coefficient (Wildman–Crippen LogP) is 17.6. The van der Waals surface area contributed by atoms with Gasteiger partial charge in [-0.3, -0.25) is 9.59 Å². The van der Waals surface area contributed by atoms with E-state index in [1.54, 1.807) is 0 Å². The van der Waals surface area contributed by atoms with Gasteiger partial charge in [0.2, 0.25) is 5.91 Å². The van der Waals surface area contributed by atoms with Gasteiger partial charge in [0.25, 0.3) is 0 Å². The molecular formula is C60H109NO5. The first-order chi connectivity index (χ1) is 32.5. The third-order valence-corrected chi connectivity index (χ3v) is 12.9. The normalized spacial score (nSPS) is 13.6. The number of amides is 1. The van der Waals surface area contributed by atoms with Crippen LogP contribution in [0.3, 0.4) is 0 Å². The van der Waals surface area contributed by atoms with Crippen molar-refractivity contribution in [3.63, 3.8) is 0 Å². The number of hydrogen-bond acceptors (Lipinski definition) is 5. The van der Waals surface area contributed by atoms with Gasteiger partial charge in [0.1, 0.15) is 6.10 Å². The van der Waals surface area contributed by atoms with E-state index in [2.05, 4.69) is 86.8 Å². The van der Waals surface area contributed by atoms with E-state index in [1.165, 1.54) is 141 Å². The number of nitrogens with one attached hydrogen (secondary N) is 1. The van der Waals surface area contributed by atoms with Crippen LogP contribution in [-0.2, 0) is 14.3 Å². The van der Waals surface area contributed by atoms with Crippen molar-refractivity contribution < 1.29 is 24.5 Å². The Morgan fingerprint density at radius 3 is 1.35 bits per heavy atom. The second kappa shape index (κ2) is 53.5.